The summed E-state index contributed by atoms with van der Waals surface area (Å²) in [5.41, 5.74) is 8.25. The number of pyridine rings is 1. The predicted octanol–water partition coefficient (Wildman–Crippen LogP) is 3.01. The van der Waals surface area contributed by atoms with E-state index in [0.29, 0.717) is 12.3 Å². The van der Waals surface area contributed by atoms with E-state index >= 15 is 0 Å². The Labute approximate surface area is 141 Å². The molecular formula is C20H20N2O2. The van der Waals surface area contributed by atoms with Crippen molar-refractivity contribution in [2.24, 2.45) is 12.8 Å². The van der Waals surface area contributed by atoms with E-state index < -0.39 is 0 Å². The number of nitrogens with zero attached hydrogens (tertiary/aromatic N) is 1. The fourth-order valence-corrected chi connectivity index (χ4v) is 2.65. The minimum atomic E-state index is -0.344. The number of rotatable bonds is 5. The van der Waals surface area contributed by atoms with Gasteiger partial charge in [0.1, 0.15) is 6.10 Å². The Kier molecular flexibility index (Phi) is 4.77. The first kappa shape index (κ1) is 16.0. The molecule has 0 fully saturated rings. The molecule has 0 radical (unpaired) electrons. The molecule has 1 heterocycles. The van der Waals surface area contributed by atoms with Crippen LogP contribution in [0, 0.1) is 0 Å². The molecule has 0 spiro atoms. The Bertz CT molecular complexity index is 818. The first-order chi connectivity index (χ1) is 11.7. The van der Waals surface area contributed by atoms with Gasteiger partial charge in [0.15, 0.2) is 5.75 Å². The van der Waals surface area contributed by atoms with Crippen LogP contribution >= 0.6 is 0 Å². The van der Waals surface area contributed by atoms with E-state index in [1.807, 2.05) is 72.3 Å². The van der Waals surface area contributed by atoms with Crippen molar-refractivity contribution in [3.8, 4) is 5.75 Å². The maximum Gasteiger partial charge on any atom is 0.223 e. The Hall–Kier alpha value is -2.85. The summed E-state index contributed by atoms with van der Waals surface area (Å²) in [6.45, 7) is 0.312. The van der Waals surface area contributed by atoms with Crippen LogP contribution in [0.2, 0.25) is 0 Å². The smallest absolute Gasteiger partial charge is 0.223 e. The Morgan fingerprint density at radius 2 is 1.54 bits per heavy atom. The monoisotopic (exact) mass is 320 g/mol. The zero-order valence-corrected chi connectivity index (χ0v) is 13.6. The van der Waals surface area contributed by atoms with Gasteiger partial charge in [0.25, 0.3) is 0 Å². The maximum atomic E-state index is 12.4. The summed E-state index contributed by atoms with van der Waals surface area (Å²) in [6.07, 6.45) is 1.35. The van der Waals surface area contributed by atoms with Crippen molar-refractivity contribution in [3.05, 3.63) is 100.0 Å². The van der Waals surface area contributed by atoms with Crippen molar-refractivity contribution >= 4 is 0 Å². The van der Waals surface area contributed by atoms with Gasteiger partial charge < -0.3 is 15.0 Å². The standard InChI is InChI=1S/C20H20N2O2/c1-22-14-19(18(23)12-17(22)13-21)24-20(15-8-4-2-5-9-15)16-10-6-3-7-11-16/h2-12,14,20H,13,21H2,1H3. The summed E-state index contributed by atoms with van der Waals surface area (Å²) < 4.78 is 7.95. The molecule has 0 aliphatic rings. The summed E-state index contributed by atoms with van der Waals surface area (Å²) in [6, 6.07) is 21.3. The van der Waals surface area contributed by atoms with Gasteiger partial charge in [-0.25, -0.2) is 0 Å². The lowest BCUT2D eigenvalue weighted by Crippen LogP contribution is -2.18. The van der Waals surface area contributed by atoms with Crippen LogP contribution in [0.4, 0.5) is 0 Å². The van der Waals surface area contributed by atoms with E-state index in [0.717, 1.165) is 16.8 Å². The zero-order valence-electron chi connectivity index (χ0n) is 13.6. The second-order valence-corrected chi connectivity index (χ2v) is 5.63. The van der Waals surface area contributed by atoms with Gasteiger partial charge in [-0.1, -0.05) is 60.7 Å². The summed E-state index contributed by atoms with van der Waals surface area (Å²) in [7, 11) is 1.86. The molecule has 1 aromatic heterocycles. The van der Waals surface area contributed by atoms with Crippen LogP contribution in [0.5, 0.6) is 5.75 Å². The summed E-state index contributed by atoms with van der Waals surface area (Å²) in [5.74, 6) is 0.312. The van der Waals surface area contributed by atoms with E-state index in [1.165, 1.54) is 6.07 Å². The summed E-state index contributed by atoms with van der Waals surface area (Å²) in [5, 5.41) is 0. The third-order valence-corrected chi connectivity index (χ3v) is 3.96. The second kappa shape index (κ2) is 7.15. The summed E-state index contributed by atoms with van der Waals surface area (Å²) in [4.78, 5) is 12.4. The lowest BCUT2D eigenvalue weighted by molar-refractivity contribution is 0.242. The average molecular weight is 320 g/mol. The van der Waals surface area contributed by atoms with Crippen LogP contribution < -0.4 is 15.9 Å². The highest BCUT2D eigenvalue weighted by Gasteiger charge is 2.17. The molecule has 0 unspecified atom stereocenters. The van der Waals surface area contributed by atoms with Crippen molar-refractivity contribution < 1.29 is 4.74 Å². The lowest BCUT2D eigenvalue weighted by Gasteiger charge is -2.20. The molecular weight excluding hydrogens is 300 g/mol. The SMILES string of the molecule is Cn1cc(OC(c2ccccc2)c2ccccc2)c(=O)cc1CN. The summed E-state index contributed by atoms with van der Waals surface area (Å²) >= 11 is 0. The molecule has 0 amide bonds. The molecule has 3 rings (SSSR count). The minimum absolute atomic E-state index is 0.162. The van der Waals surface area contributed by atoms with Gasteiger partial charge in [-0.05, 0) is 11.1 Å². The number of benzene rings is 2. The molecule has 122 valence electrons. The first-order valence-electron chi connectivity index (χ1n) is 7.85. The van der Waals surface area contributed by atoms with Crippen molar-refractivity contribution in [1.82, 2.24) is 4.57 Å². The van der Waals surface area contributed by atoms with Gasteiger partial charge in [0.2, 0.25) is 5.43 Å². The van der Waals surface area contributed by atoms with Gasteiger partial charge >= 0.3 is 0 Å². The molecule has 2 N–H and O–H groups in total. The quantitative estimate of drug-likeness (QED) is 0.786. The molecule has 0 atom stereocenters. The molecule has 0 aliphatic carbocycles. The van der Waals surface area contributed by atoms with E-state index in [2.05, 4.69) is 0 Å². The Balaban J connectivity index is 2.02. The number of nitrogens with two attached hydrogens (primary N) is 1. The molecule has 4 nitrogen and oxygen atoms in total. The molecule has 0 aliphatic heterocycles. The third-order valence-electron chi connectivity index (χ3n) is 3.96. The second-order valence-electron chi connectivity index (χ2n) is 5.63. The highest BCUT2D eigenvalue weighted by atomic mass is 16.5. The number of hydrogen-bond acceptors (Lipinski definition) is 3. The number of aryl methyl sites for hydroxylation is 1. The Morgan fingerprint density at radius 1 is 1.00 bits per heavy atom. The normalized spacial score (nSPS) is 10.8. The van der Waals surface area contributed by atoms with Crippen molar-refractivity contribution in [1.29, 1.82) is 0 Å². The average Bonchev–Trinajstić information content (AvgIpc) is 2.63. The highest BCUT2D eigenvalue weighted by Crippen LogP contribution is 2.26. The third kappa shape index (κ3) is 3.39. The fourth-order valence-electron chi connectivity index (χ4n) is 2.65. The number of aromatic nitrogens is 1. The number of hydrogen-bond donors (Lipinski definition) is 1. The fraction of sp³-hybridized carbons (Fsp3) is 0.150. The number of ether oxygens (including phenoxy) is 1. The zero-order chi connectivity index (χ0) is 16.9. The van der Waals surface area contributed by atoms with Gasteiger partial charge in [-0.3, -0.25) is 4.79 Å². The van der Waals surface area contributed by atoms with Crippen LogP contribution in [-0.4, -0.2) is 4.57 Å². The first-order valence-corrected chi connectivity index (χ1v) is 7.85. The van der Waals surface area contributed by atoms with Gasteiger partial charge in [-0.15, -0.1) is 0 Å². The van der Waals surface area contributed by atoms with Crippen molar-refractivity contribution in [2.45, 2.75) is 12.6 Å². The van der Waals surface area contributed by atoms with Gasteiger partial charge in [-0.2, -0.15) is 0 Å². The van der Waals surface area contributed by atoms with E-state index in [4.69, 9.17) is 10.5 Å². The van der Waals surface area contributed by atoms with Crippen molar-refractivity contribution in [3.63, 3.8) is 0 Å². The van der Waals surface area contributed by atoms with E-state index in [9.17, 15) is 4.79 Å². The van der Waals surface area contributed by atoms with Crippen LogP contribution in [-0.2, 0) is 13.6 Å². The lowest BCUT2D eigenvalue weighted by atomic mass is 10.0. The molecule has 0 saturated carbocycles. The topological polar surface area (TPSA) is 57.2 Å². The molecule has 2 aromatic carbocycles. The maximum absolute atomic E-state index is 12.4. The highest BCUT2D eigenvalue weighted by molar-refractivity contribution is 5.32. The minimum Gasteiger partial charge on any atom is -0.475 e. The van der Waals surface area contributed by atoms with Gasteiger partial charge in [0.05, 0.1) is 6.20 Å². The van der Waals surface area contributed by atoms with Crippen LogP contribution in [0.25, 0.3) is 0 Å². The van der Waals surface area contributed by atoms with Crippen molar-refractivity contribution in [2.75, 3.05) is 0 Å². The predicted molar refractivity (Wildman–Crippen MR) is 94.9 cm³/mol. The van der Waals surface area contributed by atoms with Crippen LogP contribution in [0.1, 0.15) is 22.9 Å². The van der Waals surface area contributed by atoms with Gasteiger partial charge in [0, 0.05) is 25.4 Å². The van der Waals surface area contributed by atoms with E-state index in [-0.39, 0.29) is 11.5 Å². The van der Waals surface area contributed by atoms with E-state index in [1.54, 1.807) is 6.20 Å². The molecule has 3 aromatic rings. The molecule has 0 saturated heterocycles. The largest absolute Gasteiger partial charge is 0.475 e. The molecule has 4 heteroatoms. The Morgan fingerprint density at radius 3 is 2.04 bits per heavy atom. The molecule has 24 heavy (non-hydrogen) atoms. The van der Waals surface area contributed by atoms with Crippen LogP contribution in [0.3, 0.4) is 0 Å². The van der Waals surface area contributed by atoms with Crippen LogP contribution in [0.15, 0.2) is 77.7 Å². The molecule has 0 bridgehead atoms.